The minimum atomic E-state index is 0.301. The predicted octanol–water partition coefficient (Wildman–Crippen LogP) is 2.26. The van der Waals surface area contributed by atoms with Gasteiger partial charge in [0.15, 0.2) is 0 Å². The van der Waals surface area contributed by atoms with E-state index in [4.69, 9.17) is 4.74 Å². The summed E-state index contributed by atoms with van der Waals surface area (Å²) in [4.78, 5) is 11.9. The van der Waals surface area contributed by atoms with Gasteiger partial charge in [-0.3, -0.25) is 0 Å². The number of likely N-dealkylation sites (N-methyl/N-ethyl adjacent to an activating group) is 1. The van der Waals surface area contributed by atoms with E-state index in [1.165, 1.54) is 4.88 Å². The Bertz CT molecular complexity index is 501. The fourth-order valence-corrected chi connectivity index (χ4v) is 2.67. The molecule has 2 heterocycles. The van der Waals surface area contributed by atoms with Crippen molar-refractivity contribution >= 4 is 17.3 Å². The Labute approximate surface area is 117 Å². The first kappa shape index (κ1) is 13.8. The molecule has 0 aliphatic heterocycles. The van der Waals surface area contributed by atoms with Crippen molar-refractivity contribution in [1.82, 2.24) is 14.9 Å². The minimum Gasteiger partial charge on any atom is -0.481 e. The first-order chi connectivity index (χ1) is 9.20. The standard InChI is InChI=1S/C13H18N4OS/c1-17(2)10(11-5-4-8-19-11)9-15-13-14-7-6-12(16-13)18-3/h4-8,10H,9H2,1-3H3,(H,14,15,16)/t10-/m0/s1. The molecule has 19 heavy (non-hydrogen) atoms. The molecule has 0 saturated carbocycles. The molecular formula is C13H18N4OS. The van der Waals surface area contributed by atoms with Gasteiger partial charge in [-0.15, -0.1) is 11.3 Å². The molecule has 0 spiro atoms. The smallest absolute Gasteiger partial charge is 0.226 e. The van der Waals surface area contributed by atoms with Crippen LogP contribution in [0, 0.1) is 0 Å². The third-order valence-corrected chi connectivity index (χ3v) is 3.76. The van der Waals surface area contributed by atoms with E-state index < -0.39 is 0 Å². The fraction of sp³-hybridized carbons (Fsp3) is 0.385. The number of methoxy groups -OCH3 is 1. The van der Waals surface area contributed by atoms with Crippen LogP contribution in [0.4, 0.5) is 5.95 Å². The van der Waals surface area contributed by atoms with Crippen molar-refractivity contribution in [3.63, 3.8) is 0 Å². The molecule has 2 aromatic heterocycles. The zero-order valence-electron chi connectivity index (χ0n) is 11.3. The third-order valence-electron chi connectivity index (χ3n) is 2.79. The Balaban J connectivity index is 2.02. The highest BCUT2D eigenvalue weighted by atomic mass is 32.1. The summed E-state index contributed by atoms with van der Waals surface area (Å²) in [5.74, 6) is 1.15. The third kappa shape index (κ3) is 3.65. The Hall–Kier alpha value is -1.66. The molecule has 5 nitrogen and oxygen atoms in total. The molecule has 2 aromatic rings. The van der Waals surface area contributed by atoms with E-state index in [1.54, 1.807) is 30.7 Å². The Morgan fingerprint density at radius 2 is 2.26 bits per heavy atom. The van der Waals surface area contributed by atoms with E-state index in [-0.39, 0.29) is 0 Å². The molecule has 0 aliphatic rings. The molecule has 6 heteroatoms. The van der Waals surface area contributed by atoms with Gasteiger partial charge >= 0.3 is 0 Å². The molecule has 0 bridgehead atoms. The van der Waals surface area contributed by atoms with Gasteiger partial charge in [0.1, 0.15) is 0 Å². The molecule has 102 valence electrons. The van der Waals surface area contributed by atoms with E-state index >= 15 is 0 Å². The van der Waals surface area contributed by atoms with Crippen LogP contribution < -0.4 is 10.1 Å². The molecule has 1 N–H and O–H groups in total. The zero-order valence-corrected chi connectivity index (χ0v) is 12.1. The van der Waals surface area contributed by atoms with Gasteiger partial charge in [-0.1, -0.05) is 6.07 Å². The van der Waals surface area contributed by atoms with Crippen LogP contribution in [-0.4, -0.2) is 42.6 Å². The van der Waals surface area contributed by atoms with Crippen LogP contribution in [0.1, 0.15) is 10.9 Å². The summed E-state index contributed by atoms with van der Waals surface area (Å²) < 4.78 is 5.08. The molecule has 0 radical (unpaired) electrons. The van der Waals surface area contributed by atoms with E-state index in [0.29, 0.717) is 17.9 Å². The van der Waals surface area contributed by atoms with Crippen molar-refractivity contribution in [3.8, 4) is 5.88 Å². The molecule has 0 aromatic carbocycles. The van der Waals surface area contributed by atoms with Gasteiger partial charge in [0.25, 0.3) is 0 Å². The number of aromatic nitrogens is 2. The first-order valence-electron chi connectivity index (χ1n) is 6.01. The number of anilines is 1. The lowest BCUT2D eigenvalue weighted by atomic mass is 10.2. The number of ether oxygens (including phenoxy) is 1. The van der Waals surface area contributed by atoms with Gasteiger partial charge < -0.3 is 15.0 Å². The van der Waals surface area contributed by atoms with Crippen molar-refractivity contribution in [2.24, 2.45) is 0 Å². The monoisotopic (exact) mass is 278 g/mol. The van der Waals surface area contributed by atoms with E-state index in [2.05, 4.69) is 51.8 Å². The molecular weight excluding hydrogens is 260 g/mol. The van der Waals surface area contributed by atoms with E-state index in [9.17, 15) is 0 Å². The molecule has 0 aliphatic carbocycles. The number of nitrogens with zero attached hydrogens (tertiary/aromatic N) is 3. The van der Waals surface area contributed by atoms with Crippen molar-refractivity contribution in [2.45, 2.75) is 6.04 Å². The largest absolute Gasteiger partial charge is 0.481 e. The molecule has 0 fully saturated rings. The summed E-state index contributed by atoms with van der Waals surface area (Å²) >= 11 is 1.75. The summed E-state index contributed by atoms with van der Waals surface area (Å²) in [7, 11) is 5.73. The van der Waals surface area contributed by atoms with E-state index in [1.807, 2.05) is 0 Å². The molecule has 0 saturated heterocycles. The maximum atomic E-state index is 5.08. The summed E-state index contributed by atoms with van der Waals surface area (Å²) in [5.41, 5.74) is 0. The summed E-state index contributed by atoms with van der Waals surface area (Å²) in [5, 5.41) is 5.34. The van der Waals surface area contributed by atoms with Crippen molar-refractivity contribution in [1.29, 1.82) is 0 Å². The number of rotatable bonds is 6. The second-order valence-electron chi connectivity index (χ2n) is 4.30. The fourth-order valence-electron chi connectivity index (χ4n) is 1.75. The average Bonchev–Trinajstić information content (AvgIpc) is 2.93. The van der Waals surface area contributed by atoms with Gasteiger partial charge in [0.05, 0.1) is 13.2 Å². The summed E-state index contributed by atoms with van der Waals surface area (Å²) in [6, 6.07) is 6.24. The Kier molecular flexibility index (Phi) is 4.70. The van der Waals surface area contributed by atoms with Gasteiger partial charge in [-0.2, -0.15) is 4.98 Å². The van der Waals surface area contributed by atoms with Crippen LogP contribution in [0.25, 0.3) is 0 Å². The van der Waals surface area contributed by atoms with Crippen LogP contribution in [0.5, 0.6) is 5.88 Å². The quantitative estimate of drug-likeness (QED) is 0.878. The second-order valence-corrected chi connectivity index (χ2v) is 5.28. The maximum Gasteiger partial charge on any atom is 0.226 e. The average molecular weight is 278 g/mol. The highest BCUT2D eigenvalue weighted by Gasteiger charge is 2.15. The first-order valence-corrected chi connectivity index (χ1v) is 6.89. The number of hydrogen-bond acceptors (Lipinski definition) is 6. The number of thiophene rings is 1. The van der Waals surface area contributed by atoms with Crippen molar-refractivity contribution in [2.75, 3.05) is 33.1 Å². The minimum absolute atomic E-state index is 0.301. The molecule has 2 rings (SSSR count). The van der Waals surface area contributed by atoms with Gasteiger partial charge in [-0.05, 0) is 25.5 Å². The topological polar surface area (TPSA) is 50.3 Å². The van der Waals surface area contributed by atoms with E-state index in [0.717, 1.165) is 6.54 Å². The van der Waals surface area contributed by atoms with Crippen LogP contribution in [-0.2, 0) is 0 Å². The van der Waals surface area contributed by atoms with Gasteiger partial charge in [-0.25, -0.2) is 4.98 Å². The van der Waals surface area contributed by atoms with Gasteiger partial charge in [0.2, 0.25) is 11.8 Å². The van der Waals surface area contributed by atoms with Crippen LogP contribution in [0.15, 0.2) is 29.8 Å². The lowest BCUT2D eigenvalue weighted by molar-refractivity contribution is 0.315. The second kappa shape index (κ2) is 6.49. The highest BCUT2D eigenvalue weighted by molar-refractivity contribution is 7.10. The van der Waals surface area contributed by atoms with Gasteiger partial charge in [0, 0.05) is 23.7 Å². The molecule has 0 unspecified atom stereocenters. The highest BCUT2D eigenvalue weighted by Crippen LogP contribution is 2.23. The van der Waals surface area contributed by atoms with Crippen LogP contribution in [0.3, 0.4) is 0 Å². The number of hydrogen-bond donors (Lipinski definition) is 1. The summed E-state index contributed by atoms with van der Waals surface area (Å²) in [6.07, 6.45) is 1.68. The Morgan fingerprint density at radius 1 is 1.42 bits per heavy atom. The maximum absolute atomic E-state index is 5.08. The predicted molar refractivity (Wildman–Crippen MR) is 77.8 cm³/mol. The number of nitrogens with one attached hydrogen (secondary N) is 1. The van der Waals surface area contributed by atoms with Crippen LogP contribution in [0.2, 0.25) is 0 Å². The SMILES string of the molecule is COc1ccnc(NC[C@@H](c2cccs2)N(C)C)n1. The summed E-state index contributed by atoms with van der Waals surface area (Å²) in [6.45, 7) is 0.751. The van der Waals surface area contributed by atoms with Crippen LogP contribution >= 0.6 is 11.3 Å². The molecule has 0 amide bonds. The zero-order chi connectivity index (χ0) is 13.7. The normalized spacial score (nSPS) is 12.4. The lowest BCUT2D eigenvalue weighted by Crippen LogP contribution is -2.26. The lowest BCUT2D eigenvalue weighted by Gasteiger charge is -2.23. The molecule has 1 atom stereocenters. The Morgan fingerprint density at radius 3 is 2.89 bits per heavy atom. The van der Waals surface area contributed by atoms with Crippen molar-refractivity contribution < 1.29 is 4.74 Å². The van der Waals surface area contributed by atoms with Crippen molar-refractivity contribution in [3.05, 3.63) is 34.7 Å².